The van der Waals surface area contributed by atoms with Gasteiger partial charge in [-0.1, -0.05) is 56.3 Å². The van der Waals surface area contributed by atoms with Crippen LogP contribution in [0.25, 0.3) is 0 Å². The summed E-state index contributed by atoms with van der Waals surface area (Å²) in [5.41, 5.74) is 2.41. The summed E-state index contributed by atoms with van der Waals surface area (Å²) in [7, 11) is 0. The second kappa shape index (κ2) is 7.84. The van der Waals surface area contributed by atoms with Crippen molar-refractivity contribution in [3.8, 4) is 5.75 Å². The molecular formula is C19H24O2. The number of ether oxygens (including phenoxy) is 1. The number of benzene rings is 2. The fourth-order valence-corrected chi connectivity index (χ4v) is 2.67. The Morgan fingerprint density at radius 3 is 2.48 bits per heavy atom. The van der Waals surface area contributed by atoms with Crippen LogP contribution in [0.1, 0.15) is 37.3 Å². The Labute approximate surface area is 127 Å². The molecule has 0 heterocycles. The van der Waals surface area contributed by atoms with E-state index in [1.54, 1.807) is 0 Å². The highest BCUT2D eigenvalue weighted by Gasteiger charge is 2.17. The molecule has 2 rings (SSSR count). The molecule has 2 aromatic carbocycles. The van der Waals surface area contributed by atoms with Gasteiger partial charge in [0.1, 0.15) is 12.4 Å². The molecule has 0 aliphatic rings. The minimum Gasteiger partial charge on any atom is -0.489 e. The summed E-state index contributed by atoms with van der Waals surface area (Å²) in [6, 6.07) is 18.4. The molecule has 0 radical (unpaired) electrons. The Morgan fingerprint density at radius 2 is 1.81 bits per heavy atom. The molecule has 2 heteroatoms. The third-order valence-corrected chi connectivity index (χ3v) is 3.95. The molecule has 21 heavy (non-hydrogen) atoms. The van der Waals surface area contributed by atoms with Gasteiger partial charge in [0.05, 0.1) is 0 Å². The third-order valence-electron chi connectivity index (χ3n) is 3.95. The monoisotopic (exact) mass is 284 g/mol. The summed E-state index contributed by atoms with van der Waals surface area (Å²) in [5, 5.41) is 9.39. The average Bonchev–Trinajstić information content (AvgIpc) is 2.55. The SMILES string of the molecule is CC[C@@H](c1cccc(OCc2ccccc2)c1)[C@@H](C)CO. The molecule has 0 spiro atoms. The van der Waals surface area contributed by atoms with Gasteiger partial charge in [-0.05, 0) is 41.5 Å². The van der Waals surface area contributed by atoms with Crippen LogP contribution in [0.15, 0.2) is 54.6 Å². The Kier molecular flexibility index (Phi) is 5.82. The predicted octanol–water partition coefficient (Wildman–Crippen LogP) is 4.39. The van der Waals surface area contributed by atoms with E-state index in [9.17, 15) is 5.11 Å². The maximum absolute atomic E-state index is 9.39. The van der Waals surface area contributed by atoms with Crippen molar-refractivity contribution >= 4 is 0 Å². The Bertz CT molecular complexity index is 536. The van der Waals surface area contributed by atoms with E-state index in [4.69, 9.17) is 4.74 Å². The lowest BCUT2D eigenvalue weighted by Crippen LogP contribution is -2.13. The molecule has 0 amide bonds. The second-order valence-electron chi connectivity index (χ2n) is 5.52. The minimum atomic E-state index is 0.216. The van der Waals surface area contributed by atoms with Gasteiger partial charge in [-0.15, -0.1) is 0 Å². The van der Waals surface area contributed by atoms with Crippen molar-refractivity contribution in [1.29, 1.82) is 0 Å². The van der Waals surface area contributed by atoms with Crippen molar-refractivity contribution in [3.63, 3.8) is 0 Å². The largest absolute Gasteiger partial charge is 0.489 e. The quantitative estimate of drug-likeness (QED) is 0.817. The smallest absolute Gasteiger partial charge is 0.120 e. The van der Waals surface area contributed by atoms with Crippen LogP contribution in [0.5, 0.6) is 5.75 Å². The lowest BCUT2D eigenvalue weighted by Gasteiger charge is -2.22. The molecule has 2 aromatic rings. The summed E-state index contributed by atoms with van der Waals surface area (Å²) in [6.07, 6.45) is 1.02. The van der Waals surface area contributed by atoms with Gasteiger partial charge >= 0.3 is 0 Å². The first-order chi connectivity index (χ1) is 10.2. The van der Waals surface area contributed by atoms with Crippen molar-refractivity contribution in [2.75, 3.05) is 6.61 Å². The van der Waals surface area contributed by atoms with E-state index < -0.39 is 0 Å². The van der Waals surface area contributed by atoms with Gasteiger partial charge in [0.25, 0.3) is 0 Å². The molecule has 0 aliphatic heterocycles. The van der Waals surface area contributed by atoms with E-state index in [0.29, 0.717) is 12.5 Å². The van der Waals surface area contributed by atoms with Crippen molar-refractivity contribution in [3.05, 3.63) is 65.7 Å². The Balaban J connectivity index is 2.06. The summed E-state index contributed by atoms with van der Waals surface area (Å²) in [5.74, 6) is 1.52. The summed E-state index contributed by atoms with van der Waals surface area (Å²) in [6.45, 7) is 5.05. The Hall–Kier alpha value is -1.80. The van der Waals surface area contributed by atoms with E-state index in [2.05, 4.69) is 38.1 Å². The fraction of sp³-hybridized carbons (Fsp3) is 0.368. The van der Waals surface area contributed by atoms with Crippen LogP contribution in [-0.4, -0.2) is 11.7 Å². The maximum Gasteiger partial charge on any atom is 0.120 e. The van der Waals surface area contributed by atoms with Gasteiger partial charge < -0.3 is 9.84 Å². The van der Waals surface area contributed by atoms with E-state index >= 15 is 0 Å². The molecule has 0 aromatic heterocycles. The zero-order chi connectivity index (χ0) is 15.1. The van der Waals surface area contributed by atoms with Gasteiger partial charge in [-0.25, -0.2) is 0 Å². The zero-order valence-corrected chi connectivity index (χ0v) is 12.8. The summed E-state index contributed by atoms with van der Waals surface area (Å²) >= 11 is 0. The summed E-state index contributed by atoms with van der Waals surface area (Å²) < 4.78 is 5.88. The first-order valence-electron chi connectivity index (χ1n) is 7.62. The van der Waals surface area contributed by atoms with E-state index in [1.807, 2.05) is 30.3 Å². The minimum absolute atomic E-state index is 0.216. The molecular weight excluding hydrogens is 260 g/mol. The highest BCUT2D eigenvalue weighted by atomic mass is 16.5. The number of hydrogen-bond donors (Lipinski definition) is 1. The topological polar surface area (TPSA) is 29.5 Å². The molecule has 112 valence electrons. The highest BCUT2D eigenvalue weighted by Crippen LogP contribution is 2.30. The van der Waals surface area contributed by atoms with Crippen molar-refractivity contribution in [2.24, 2.45) is 5.92 Å². The molecule has 1 N–H and O–H groups in total. The number of rotatable bonds is 7. The highest BCUT2D eigenvalue weighted by molar-refractivity contribution is 5.31. The van der Waals surface area contributed by atoms with Crippen molar-refractivity contribution in [1.82, 2.24) is 0 Å². The molecule has 0 fully saturated rings. The third kappa shape index (κ3) is 4.33. The normalized spacial score (nSPS) is 13.7. The zero-order valence-electron chi connectivity index (χ0n) is 12.8. The lowest BCUT2D eigenvalue weighted by atomic mass is 9.85. The number of hydrogen-bond acceptors (Lipinski definition) is 2. The summed E-state index contributed by atoms with van der Waals surface area (Å²) in [4.78, 5) is 0. The molecule has 0 saturated carbocycles. The van der Waals surface area contributed by atoms with E-state index in [-0.39, 0.29) is 12.5 Å². The fourth-order valence-electron chi connectivity index (χ4n) is 2.67. The first kappa shape index (κ1) is 15.6. The van der Waals surface area contributed by atoms with E-state index in [1.165, 1.54) is 11.1 Å². The van der Waals surface area contributed by atoms with Crippen molar-refractivity contribution < 1.29 is 9.84 Å². The molecule has 0 bridgehead atoms. The van der Waals surface area contributed by atoms with Gasteiger partial charge in [-0.3, -0.25) is 0 Å². The maximum atomic E-state index is 9.39. The van der Waals surface area contributed by atoms with Crippen LogP contribution >= 0.6 is 0 Å². The molecule has 2 atom stereocenters. The standard InChI is InChI=1S/C19H24O2/c1-3-19(15(2)13-20)17-10-7-11-18(12-17)21-14-16-8-5-4-6-9-16/h4-12,15,19-20H,3,13-14H2,1-2H3/t15-,19+/m0/s1. The lowest BCUT2D eigenvalue weighted by molar-refractivity contribution is 0.213. The molecule has 0 unspecified atom stereocenters. The Morgan fingerprint density at radius 1 is 1.05 bits per heavy atom. The van der Waals surface area contributed by atoms with Gasteiger partial charge in [-0.2, -0.15) is 0 Å². The van der Waals surface area contributed by atoms with Crippen molar-refractivity contribution in [2.45, 2.75) is 32.8 Å². The first-order valence-corrected chi connectivity index (χ1v) is 7.62. The molecule has 0 saturated heterocycles. The van der Waals surface area contributed by atoms with Crippen LogP contribution in [0.4, 0.5) is 0 Å². The van der Waals surface area contributed by atoms with Crippen LogP contribution in [0, 0.1) is 5.92 Å². The van der Waals surface area contributed by atoms with Gasteiger partial charge in [0.15, 0.2) is 0 Å². The van der Waals surface area contributed by atoms with Crippen LogP contribution in [-0.2, 0) is 6.61 Å². The number of aliphatic hydroxyl groups excluding tert-OH is 1. The average molecular weight is 284 g/mol. The molecule has 0 aliphatic carbocycles. The second-order valence-corrected chi connectivity index (χ2v) is 5.52. The van der Waals surface area contributed by atoms with Crippen LogP contribution < -0.4 is 4.74 Å². The van der Waals surface area contributed by atoms with Gasteiger partial charge in [0, 0.05) is 6.61 Å². The van der Waals surface area contributed by atoms with Crippen LogP contribution in [0.2, 0.25) is 0 Å². The predicted molar refractivity (Wildman–Crippen MR) is 86.5 cm³/mol. The molecule has 2 nitrogen and oxygen atoms in total. The van der Waals surface area contributed by atoms with Gasteiger partial charge in [0.2, 0.25) is 0 Å². The van der Waals surface area contributed by atoms with E-state index in [0.717, 1.165) is 12.2 Å². The number of aliphatic hydroxyl groups is 1. The van der Waals surface area contributed by atoms with Crippen LogP contribution in [0.3, 0.4) is 0 Å².